The van der Waals surface area contributed by atoms with Gasteiger partial charge in [-0.05, 0) is 60.7 Å². The second-order valence-electron chi connectivity index (χ2n) is 9.26. The van der Waals surface area contributed by atoms with Crippen molar-refractivity contribution in [2.45, 2.75) is 42.7 Å². The smallest absolute Gasteiger partial charge is 0.241 e. The number of carbonyl (C=O) groups is 3. The van der Waals surface area contributed by atoms with Crippen LogP contribution in [-0.4, -0.2) is 69.4 Å². The molecule has 4 rings (SSSR count). The molecule has 6 N–H and O–H groups in total. The molecule has 1 fully saturated rings. The van der Waals surface area contributed by atoms with Crippen molar-refractivity contribution in [3.8, 4) is 0 Å². The zero-order valence-corrected chi connectivity index (χ0v) is 23.9. The zero-order valence-electron chi connectivity index (χ0n) is 21.5. The minimum atomic E-state index is -1.64. The summed E-state index contributed by atoms with van der Waals surface area (Å²) in [6.07, 6.45) is 3.40. The number of likely N-dealkylation sites (tertiary alicyclic amines) is 1. The normalized spacial score (nSPS) is 16.9. The molecule has 2 amide bonds. The van der Waals surface area contributed by atoms with Crippen molar-refractivity contribution in [2.75, 3.05) is 19.6 Å². The highest BCUT2D eigenvalue weighted by Crippen LogP contribution is 2.22. The number of rotatable bonds is 12. The SMILES string of the molecule is NC(N)=NCCCC(NC(=O)CN1CCC[C@H](NS(=O)c2ccc3cc(Cl)ccc3c2)C1=O)C(=O)c1nccs1. The monoisotopic (exact) mass is 603 g/mol. The van der Waals surface area contributed by atoms with Gasteiger partial charge in [0.1, 0.15) is 11.0 Å². The third-order valence-corrected chi connectivity index (χ3v) is 8.55. The molecule has 0 aliphatic carbocycles. The second kappa shape index (κ2) is 13.8. The molecule has 40 heavy (non-hydrogen) atoms. The highest BCUT2D eigenvalue weighted by atomic mass is 35.5. The number of guanidine groups is 1. The molecule has 0 bridgehead atoms. The van der Waals surface area contributed by atoms with Crippen LogP contribution in [0.4, 0.5) is 0 Å². The summed E-state index contributed by atoms with van der Waals surface area (Å²) in [5, 5.41) is 7.12. The Bertz CT molecular complexity index is 1430. The average Bonchev–Trinajstić information content (AvgIpc) is 3.47. The topological polar surface area (TPSA) is 173 Å². The molecule has 2 aromatic carbocycles. The number of piperidine rings is 1. The Morgan fingerprint density at radius 3 is 2.75 bits per heavy atom. The molecule has 1 aliphatic rings. The van der Waals surface area contributed by atoms with E-state index in [1.54, 1.807) is 23.6 Å². The molecular formula is C26H30ClN7O4S2. The zero-order chi connectivity index (χ0) is 28.6. The van der Waals surface area contributed by atoms with Gasteiger partial charge in [-0.15, -0.1) is 11.3 Å². The first-order valence-electron chi connectivity index (χ1n) is 12.7. The fourth-order valence-corrected chi connectivity index (χ4v) is 6.24. The van der Waals surface area contributed by atoms with Crippen molar-refractivity contribution in [1.82, 2.24) is 19.9 Å². The van der Waals surface area contributed by atoms with Crippen LogP contribution >= 0.6 is 22.9 Å². The summed E-state index contributed by atoms with van der Waals surface area (Å²) in [7, 11) is -1.64. The summed E-state index contributed by atoms with van der Waals surface area (Å²) in [5.41, 5.74) is 10.7. The summed E-state index contributed by atoms with van der Waals surface area (Å²) >= 11 is 7.23. The van der Waals surface area contributed by atoms with Crippen molar-refractivity contribution in [1.29, 1.82) is 0 Å². The number of fused-ring (bicyclic) bond motifs is 1. The van der Waals surface area contributed by atoms with Gasteiger partial charge in [0.2, 0.25) is 17.6 Å². The number of nitrogens with one attached hydrogen (secondary N) is 2. The number of carbonyl (C=O) groups excluding carboxylic acids is 3. The minimum absolute atomic E-state index is 0.0509. The van der Waals surface area contributed by atoms with Gasteiger partial charge in [-0.1, -0.05) is 23.7 Å². The Morgan fingerprint density at radius 2 is 2.00 bits per heavy atom. The molecule has 11 nitrogen and oxygen atoms in total. The van der Waals surface area contributed by atoms with Gasteiger partial charge in [-0.2, -0.15) is 0 Å². The summed E-state index contributed by atoms with van der Waals surface area (Å²) in [5.74, 6) is -1.16. The lowest BCUT2D eigenvalue weighted by Gasteiger charge is -2.32. The maximum atomic E-state index is 13.2. The summed E-state index contributed by atoms with van der Waals surface area (Å²) in [6.45, 7) is 0.458. The number of Topliss-reactive ketones (excluding diaryl/α,β-unsaturated/α-hetero) is 1. The van der Waals surface area contributed by atoms with E-state index in [1.807, 2.05) is 18.2 Å². The third-order valence-electron chi connectivity index (χ3n) is 6.34. The van der Waals surface area contributed by atoms with Crippen LogP contribution in [0, 0.1) is 0 Å². The van der Waals surface area contributed by atoms with Crippen molar-refractivity contribution in [3.05, 3.63) is 58.0 Å². The number of aliphatic imine (C=N–C) groups is 1. The van der Waals surface area contributed by atoms with Crippen LogP contribution in [0.15, 0.2) is 57.9 Å². The van der Waals surface area contributed by atoms with Crippen LogP contribution in [0.3, 0.4) is 0 Å². The number of nitrogens with zero attached hydrogens (tertiary/aromatic N) is 3. The number of halogens is 1. The lowest BCUT2D eigenvalue weighted by molar-refractivity contribution is -0.139. The quantitative estimate of drug-likeness (QED) is 0.106. The van der Waals surface area contributed by atoms with E-state index < -0.39 is 29.0 Å². The maximum Gasteiger partial charge on any atom is 0.241 e. The van der Waals surface area contributed by atoms with Gasteiger partial charge in [0, 0.05) is 29.7 Å². The molecule has 1 aliphatic heterocycles. The van der Waals surface area contributed by atoms with E-state index in [2.05, 4.69) is 20.0 Å². The van der Waals surface area contributed by atoms with Crippen LogP contribution in [0.5, 0.6) is 0 Å². The molecule has 14 heteroatoms. The Hall–Kier alpha value is -3.39. The Balaban J connectivity index is 1.36. The van der Waals surface area contributed by atoms with Gasteiger partial charge in [0.25, 0.3) is 0 Å². The molecule has 212 valence electrons. The Morgan fingerprint density at radius 1 is 1.23 bits per heavy atom. The molecule has 3 atom stereocenters. The van der Waals surface area contributed by atoms with E-state index in [4.69, 9.17) is 23.1 Å². The van der Waals surface area contributed by atoms with E-state index in [-0.39, 0.29) is 29.2 Å². The summed E-state index contributed by atoms with van der Waals surface area (Å²) in [6, 6.07) is 9.23. The Labute approximate surface area is 243 Å². The molecule has 0 saturated carbocycles. The molecule has 2 heterocycles. The second-order valence-corrected chi connectivity index (χ2v) is 11.8. The molecule has 1 saturated heterocycles. The van der Waals surface area contributed by atoms with E-state index in [1.165, 1.54) is 22.4 Å². The average molecular weight is 604 g/mol. The van der Waals surface area contributed by atoms with Crippen LogP contribution in [0.1, 0.15) is 35.5 Å². The lowest BCUT2D eigenvalue weighted by Crippen LogP contribution is -2.54. The molecule has 0 spiro atoms. The minimum Gasteiger partial charge on any atom is -0.370 e. The number of nitrogens with two attached hydrogens (primary N) is 2. The molecule has 3 aromatic rings. The first kappa shape index (κ1) is 29.6. The highest BCUT2D eigenvalue weighted by molar-refractivity contribution is 7.83. The number of ketones is 1. The van der Waals surface area contributed by atoms with Crippen molar-refractivity contribution in [3.63, 3.8) is 0 Å². The largest absolute Gasteiger partial charge is 0.370 e. The van der Waals surface area contributed by atoms with Gasteiger partial charge in [0.15, 0.2) is 11.0 Å². The summed E-state index contributed by atoms with van der Waals surface area (Å²) < 4.78 is 16.0. The van der Waals surface area contributed by atoms with Gasteiger partial charge in [0.05, 0.1) is 23.5 Å². The van der Waals surface area contributed by atoms with Gasteiger partial charge in [-0.3, -0.25) is 19.4 Å². The van der Waals surface area contributed by atoms with Crippen molar-refractivity contribution < 1.29 is 18.6 Å². The van der Waals surface area contributed by atoms with Crippen LogP contribution in [-0.2, 0) is 20.6 Å². The van der Waals surface area contributed by atoms with Crippen molar-refractivity contribution >= 4 is 68.3 Å². The molecule has 1 aromatic heterocycles. The number of aromatic nitrogens is 1. The highest BCUT2D eigenvalue weighted by Gasteiger charge is 2.32. The number of hydrogen-bond acceptors (Lipinski definition) is 7. The first-order chi connectivity index (χ1) is 19.2. The number of thiazole rings is 1. The van der Waals surface area contributed by atoms with E-state index in [0.717, 1.165) is 10.8 Å². The number of amides is 2. The van der Waals surface area contributed by atoms with Crippen LogP contribution in [0.2, 0.25) is 5.02 Å². The fourth-order valence-electron chi connectivity index (χ4n) is 4.39. The molecule has 2 unspecified atom stereocenters. The number of hydrogen-bond donors (Lipinski definition) is 4. The third kappa shape index (κ3) is 7.84. The van der Waals surface area contributed by atoms with Crippen LogP contribution in [0.25, 0.3) is 10.8 Å². The van der Waals surface area contributed by atoms with Crippen molar-refractivity contribution in [2.24, 2.45) is 16.5 Å². The predicted molar refractivity (Wildman–Crippen MR) is 156 cm³/mol. The lowest BCUT2D eigenvalue weighted by atomic mass is 10.1. The molecular weight excluding hydrogens is 574 g/mol. The van der Waals surface area contributed by atoms with E-state index in [9.17, 15) is 18.6 Å². The first-order valence-corrected chi connectivity index (χ1v) is 15.1. The maximum absolute atomic E-state index is 13.2. The van der Waals surface area contributed by atoms with E-state index in [0.29, 0.717) is 48.7 Å². The van der Waals surface area contributed by atoms with E-state index >= 15 is 0 Å². The van der Waals surface area contributed by atoms with Gasteiger partial charge < -0.3 is 21.7 Å². The molecule has 0 radical (unpaired) electrons. The van der Waals surface area contributed by atoms with Crippen LogP contribution < -0.4 is 21.5 Å². The number of benzene rings is 2. The Kier molecular flexibility index (Phi) is 10.2. The van der Waals surface area contributed by atoms with Gasteiger partial charge in [-0.25, -0.2) is 13.9 Å². The van der Waals surface area contributed by atoms with Gasteiger partial charge >= 0.3 is 0 Å². The standard InChI is InChI=1S/C26H30ClN7O4S2/c27-18-7-5-17-14-19(8-6-16(17)13-18)40(38)33-21-4-2-11-34(25(21)37)15-22(35)32-20(3-1-9-31-26(28)29)23(36)24-30-10-12-39-24/h5-8,10,12-14,20-21,33H,1-4,9,11,15H2,(H,32,35)(H4,28,29,31)/t20?,21-,40?/m0/s1. The predicted octanol–water partition coefficient (Wildman–Crippen LogP) is 1.97. The summed E-state index contributed by atoms with van der Waals surface area (Å²) in [4.78, 5) is 49.0. The fraction of sp³-hybridized carbons (Fsp3) is 0.346.